The number of fused-ring (bicyclic) bond motifs is 3. The Morgan fingerprint density at radius 2 is 2.04 bits per heavy atom. The van der Waals surface area contributed by atoms with Crippen LogP contribution in [-0.4, -0.2) is 33.8 Å². The lowest BCUT2D eigenvalue weighted by Gasteiger charge is -2.12. The van der Waals surface area contributed by atoms with Gasteiger partial charge in [0.2, 0.25) is 5.91 Å². The number of nitrogens with one attached hydrogen (secondary N) is 1. The van der Waals surface area contributed by atoms with E-state index in [0.29, 0.717) is 24.5 Å². The van der Waals surface area contributed by atoms with Gasteiger partial charge in [0, 0.05) is 25.3 Å². The zero-order valence-electron chi connectivity index (χ0n) is 16.0. The first-order valence-electron chi connectivity index (χ1n) is 9.55. The van der Waals surface area contributed by atoms with Crippen LogP contribution >= 0.6 is 0 Å². The molecule has 0 atom stereocenters. The molecule has 0 aliphatic heterocycles. The fourth-order valence-corrected chi connectivity index (χ4v) is 3.10. The van der Waals surface area contributed by atoms with E-state index in [9.17, 15) is 4.79 Å². The van der Waals surface area contributed by atoms with Gasteiger partial charge in [-0.05, 0) is 25.3 Å². The number of aromatic nitrogens is 3. The molecule has 2 aromatic heterocycles. The lowest BCUT2D eigenvalue weighted by Crippen LogP contribution is -2.22. The molecule has 144 valence electrons. The van der Waals surface area contributed by atoms with Gasteiger partial charge < -0.3 is 15.9 Å². The number of benzene rings is 1. The summed E-state index contributed by atoms with van der Waals surface area (Å²) < 4.78 is 1.84. The number of hydrogen-bond acceptors (Lipinski definition) is 5. The maximum absolute atomic E-state index is 10.9. The van der Waals surface area contributed by atoms with Crippen molar-refractivity contribution < 1.29 is 9.63 Å². The summed E-state index contributed by atoms with van der Waals surface area (Å²) in [5.74, 6) is 1.29. The van der Waals surface area contributed by atoms with Crippen molar-refractivity contribution in [2.24, 2.45) is 0 Å². The van der Waals surface area contributed by atoms with Crippen LogP contribution in [0.2, 0.25) is 0 Å². The van der Waals surface area contributed by atoms with E-state index in [0.717, 1.165) is 54.3 Å². The van der Waals surface area contributed by atoms with Crippen LogP contribution in [-0.2, 0) is 11.2 Å². The monoisotopic (exact) mass is 369 g/mol. The fraction of sp³-hybridized carbons (Fsp3) is 0.450. The molecule has 0 aliphatic carbocycles. The maximum atomic E-state index is 10.9. The number of hydrogen-bond donors (Lipinski definition) is 2. The van der Waals surface area contributed by atoms with Crippen LogP contribution in [0.5, 0.6) is 0 Å². The second kappa shape index (κ2) is 8.70. The molecule has 3 aromatic rings. The van der Waals surface area contributed by atoms with Crippen LogP contribution < -0.4 is 15.9 Å². The van der Waals surface area contributed by atoms with Crippen molar-refractivity contribution in [1.29, 1.82) is 0 Å². The first-order chi connectivity index (χ1) is 13.1. The molecule has 0 saturated heterocycles. The van der Waals surface area contributed by atoms with Gasteiger partial charge in [-0.15, -0.1) is 0 Å². The van der Waals surface area contributed by atoms with Crippen LogP contribution in [0.3, 0.4) is 0 Å². The van der Waals surface area contributed by atoms with Gasteiger partial charge in [-0.2, -0.15) is 4.73 Å². The van der Waals surface area contributed by atoms with Gasteiger partial charge in [-0.1, -0.05) is 31.5 Å². The molecule has 0 saturated carbocycles. The van der Waals surface area contributed by atoms with Crippen molar-refractivity contribution >= 4 is 33.7 Å². The number of aryl methyl sites for hydroxylation is 1. The number of pyridine rings is 1. The molecule has 0 aliphatic rings. The fourth-order valence-electron chi connectivity index (χ4n) is 3.10. The van der Waals surface area contributed by atoms with Gasteiger partial charge in [0.25, 0.3) is 0 Å². The lowest BCUT2D eigenvalue weighted by atomic mass is 10.2. The van der Waals surface area contributed by atoms with Crippen molar-refractivity contribution in [3.63, 3.8) is 0 Å². The second-order valence-corrected chi connectivity index (χ2v) is 6.66. The van der Waals surface area contributed by atoms with Crippen molar-refractivity contribution in [3.05, 3.63) is 30.1 Å². The number of para-hydroxylation sites is 1. The normalized spacial score (nSPS) is 11.2. The number of rotatable bonds is 9. The minimum absolute atomic E-state index is 0.00665. The molecule has 27 heavy (non-hydrogen) atoms. The average molecular weight is 369 g/mol. The summed E-state index contributed by atoms with van der Waals surface area (Å²) in [7, 11) is 0. The van der Waals surface area contributed by atoms with E-state index in [1.165, 1.54) is 6.92 Å². The number of anilines is 1. The predicted octanol–water partition coefficient (Wildman–Crippen LogP) is 2.85. The van der Waals surface area contributed by atoms with Crippen LogP contribution in [0.1, 0.15) is 45.4 Å². The summed E-state index contributed by atoms with van der Waals surface area (Å²) in [5, 5.41) is 3.78. The minimum atomic E-state index is -0.00665. The Bertz CT molecular complexity index is 935. The molecule has 0 bridgehead atoms. The Morgan fingerprint density at radius 1 is 1.22 bits per heavy atom. The third-order valence-electron chi connectivity index (χ3n) is 4.46. The van der Waals surface area contributed by atoms with Crippen LogP contribution in [0.15, 0.2) is 24.3 Å². The third kappa shape index (κ3) is 4.30. The summed E-state index contributed by atoms with van der Waals surface area (Å²) in [4.78, 5) is 26.3. The predicted molar refractivity (Wildman–Crippen MR) is 107 cm³/mol. The smallest absolute Gasteiger partial charge is 0.216 e. The van der Waals surface area contributed by atoms with Crippen molar-refractivity contribution in [1.82, 2.24) is 20.0 Å². The van der Waals surface area contributed by atoms with Crippen LogP contribution in [0.4, 0.5) is 5.82 Å². The largest absolute Gasteiger partial charge is 0.412 e. The Balaban J connectivity index is 1.89. The Hall–Kier alpha value is -2.83. The molecular weight excluding hydrogens is 342 g/mol. The van der Waals surface area contributed by atoms with E-state index in [2.05, 4.69) is 17.2 Å². The molecule has 0 radical (unpaired) electrons. The van der Waals surface area contributed by atoms with Gasteiger partial charge in [0.1, 0.15) is 23.5 Å². The molecular formula is C20H27N5O2. The first kappa shape index (κ1) is 18.9. The highest BCUT2D eigenvalue weighted by Gasteiger charge is 2.18. The summed E-state index contributed by atoms with van der Waals surface area (Å²) in [6.45, 7) is 4.88. The van der Waals surface area contributed by atoms with Gasteiger partial charge in [0.05, 0.1) is 5.52 Å². The number of nitrogen functional groups attached to an aromatic ring is 1. The first-order valence-corrected chi connectivity index (χ1v) is 9.55. The van der Waals surface area contributed by atoms with E-state index in [1.54, 1.807) is 0 Å². The minimum Gasteiger partial charge on any atom is -0.412 e. The number of amides is 1. The Kier molecular flexibility index (Phi) is 6.11. The molecule has 7 heteroatoms. The highest BCUT2D eigenvalue weighted by atomic mass is 16.7. The SMILES string of the molecule is CCCCc1nc2c(N)nc3ccccc3c2n1OCCCCNC(C)=O. The number of nitrogens with two attached hydrogens (primary N) is 1. The maximum Gasteiger partial charge on any atom is 0.216 e. The average Bonchev–Trinajstić information content (AvgIpc) is 3.02. The topological polar surface area (TPSA) is 95.1 Å². The standard InChI is InChI=1S/C20H27N5O2/c1-3-4-11-17-24-18-19(15-9-5-6-10-16(15)23-20(18)21)25(17)27-13-8-7-12-22-14(2)26/h5-6,9-10H,3-4,7-8,11-13H2,1-2H3,(H2,21,23)(H,22,26). The molecule has 2 heterocycles. The van der Waals surface area contributed by atoms with Crippen LogP contribution in [0, 0.1) is 0 Å². The summed E-state index contributed by atoms with van der Waals surface area (Å²) in [6.07, 6.45) is 4.63. The quantitative estimate of drug-likeness (QED) is 0.566. The van der Waals surface area contributed by atoms with Gasteiger partial charge in [-0.3, -0.25) is 4.79 Å². The van der Waals surface area contributed by atoms with Gasteiger partial charge in [-0.25, -0.2) is 9.97 Å². The molecule has 0 unspecified atom stereocenters. The third-order valence-corrected chi connectivity index (χ3v) is 4.46. The van der Waals surface area contributed by atoms with Gasteiger partial charge in [0.15, 0.2) is 5.82 Å². The number of unbranched alkanes of at least 4 members (excludes halogenated alkanes) is 2. The Labute approximate surface area is 158 Å². The number of imidazole rings is 1. The summed E-state index contributed by atoms with van der Waals surface area (Å²) in [5.41, 5.74) is 8.58. The second-order valence-electron chi connectivity index (χ2n) is 6.66. The zero-order valence-corrected chi connectivity index (χ0v) is 16.0. The highest BCUT2D eigenvalue weighted by Crippen LogP contribution is 2.28. The van der Waals surface area contributed by atoms with Crippen molar-refractivity contribution in [3.8, 4) is 0 Å². The molecule has 3 N–H and O–H groups in total. The molecule has 1 amide bonds. The highest BCUT2D eigenvalue weighted by molar-refractivity contribution is 6.06. The molecule has 7 nitrogen and oxygen atoms in total. The van der Waals surface area contributed by atoms with Gasteiger partial charge >= 0.3 is 0 Å². The molecule has 0 spiro atoms. The van der Waals surface area contributed by atoms with E-state index in [-0.39, 0.29) is 5.91 Å². The number of carbonyl (C=O) groups is 1. The molecule has 3 rings (SSSR count). The molecule has 1 aromatic carbocycles. The van der Waals surface area contributed by atoms with E-state index in [4.69, 9.17) is 15.6 Å². The number of carbonyl (C=O) groups excluding carboxylic acids is 1. The van der Waals surface area contributed by atoms with Crippen LogP contribution in [0.25, 0.3) is 21.9 Å². The van der Waals surface area contributed by atoms with E-state index >= 15 is 0 Å². The summed E-state index contributed by atoms with van der Waals surface area (Å²) >= 11 is 0. The number of nitrogens with zero attached hydrogens (tertiary/aromatic N) is 3. The summed E-state index contributed by atoms with van der Waals surface area (Å²) in [6, 6.07) is 7.89. The Morgan fingerprint density at radius 3 is 2.81 bits per heavy atom. The zero-order chi connectivity index (χ0) is 19.2. The lowest BCUT2D eigenvalue weighted by molar-refractivity contribution is -0.118. The van der Waals surface area contributed by atoms with E-state index in [1.807, 2.05) is 29.0 Å². The van der Waals surface area contributed by atoms with Crippen molar-refractivity contribution in [2.75, 3.05) is 18.9 Å². The molecule has 0 fully saturated rings. The van der Waals surface area contributed by atoms with Crippen molar-refractivity contribution in [2.45, 2.75) is 46.0 Å². The van der Waals surface area contributed by atoms with E-state index < -0.39 is 0 Å².